The summed E-state index contributed by atoms with van der Waals surface area (Å²) in [7, 11) is 0. The fourth-order valence-electron chi connectivity index (χ4n) is 3.05. The predicted molar refractivity (Wildman–Crippen MR) is 101 cm³/mol. The molecule has 3 nitrogen and oxygen atoms in total. The molecule has 0 saturated heterocycles. The third-order valence-electron chi connectivity index (χ3n) is 4.61. The zero-order valence-corrected chi connectivity index (χ0v) is 16.1. The van der Waals surface area contributed by atoms with E-state index in [2.05, 4.69) is 10.3 Å². The lowest BCUT2D eigenvalue weighted by Gasteiger charge is -2.23. The van der Waals surface area contributed by atoms with Crippen molar-refractivity contribution in [1.29, 1.82) is 0 Å². The van der Waals surface area contributed by atoms with Crippen LogP contribution in [0.15, 0.2) is 66.9 Å². The maximum absolute atomic E-state index is 13.6. The lowest BCUT2D eigenvalue weighted by molar-refractivity contribution is -0.139. The normalized spacial score (nSPS) is 13.0. The number of amides is 1. The highest BCUT2D eigenvalue weighted by Gasteiger charge is 2.37. The van der Waals surface area contributed by atoms with E-state index >= 15 is 0 Å². The molecule has 10 heteroatoms. The van der Waals surface area contributed by atoms with Crippen molar-refractivity contribution in [1.82, 2.24) is 10.3 Å². The third-order valence-corrected chi connectivity index (χ3v) is 4.61. The van der Waals surface area contributed by atoms with Crippen LogP contribution < -0.4 is 5.32 Å². The third kappa shape index (κ3) is 5.24. The van der Waals surface area contributed by atoms with Crippen LogP contribution >= 0.6 is 0 Å². The Morgan fingerprint density at radius 1 is 0.906 bits per heavy atom. The van der Waals surface area contributed by atoms with Crippen LogP contribution in [0.2, 0.25) is 0 Å². The SMILES string of the molecule is O=C(N[C@@H](c1ccc(CF)cc1)c1ncccc1C(F)(F)F)c1cccc(C(F)(F)F)c1. The molecule has 0 saturated carbocycles. The maximum Gasteiger partial charge on any atom is 0.418 e. The number of carbonyl (C=O) groups excluding carboxylic acids is 1. The number of benzene rings is 2. The van der Waals surface area contributed by atoms with Gasteiger partial charge in [0.25, 0.3) is 5.91 Å². The van der Waals surface area contributed by atoms with E-state index < -0.39 is 53.4 Å². The highest BCUT2D eigenvalue weighted by atomic mass is 19.4. The molecule has 1 N–H and O–H groups in total. The van der Waals surface area contributed by atoms with Crippen LogP contribution in [0.3, 0.4) is 0 Å². The fraction of sp³-hybridized carbons (Fsp3) is 0.182. The molecule has 0 fully saturated rings. The standard InChI is InChI=1S/C22H15F7N2O/c23-12-13-6-8-14(9-7-13)18(19-17(22(27,28)29)5-2-10-30-19)31-20(32)15-3-1-4-16(11-15)21(24,25)26/h1-11,18H,12H2,(H,31,32)/t18-/m0/s1. The predicted octanol–water partition coefficient (Wildman–Crippen LogP) is 6.11. The minimum absolute atomic E-state index is 0.145. The number of aromatic nitrogens is 1. The Kier molecular flexibility index (Phi) is 6.52. The fourth-order valence-corrected chi connectivity index (χ4v) is 3.05. The van der Waals surface area contributed by atoms with Crippen LogP contribution in [0.25, 0.3) is 0 Å². The van der Waals surface area contributed by atoms with Crippen molar-refractivity contribution in [3.05, 3.63) is 100 Å². The average Bonchev–Trinajstić information content (AvgIpc) is 2.76. The van der Waals surface area contributed by atoms with Crippen LogP contribution in [0, 0.1) is 0 Å². The van der Waals surface area contributed by atoms with Gasteiger partial charge in [-0.2, -0.15) is 26.3 Å². The van der Waals surface area contributed by atoms with Crippen LogP contribution in [0.5, 0.6) is 0 Å². The molecule has 0 unspecified atom stereocenters. The molecule has 2 aromatic carbocycles. The summed E-state index contributed by atoms with van der Waals surface area (Å²) < 4.78 is 92.5. The van der Waals surface area contributed by atoms with Crippen molar-refractivity contribution in [2.45, 2.75) is 25.1 Å². The molecule has 0 aliphatic rings. The Hall–Kier alpha value is -3.43. The first-order valence-corrected chi connectivity index (χ1v) is 9.15. The first-order chi connectivity index (χ1) is 15.0. The lowest BCUT2D eigenvalue weighted by atomic mass is 9.97. The number of hydrogen-bond acceptors (Lipinski definition) is 2. The first kappa shape index (κ1) is 23.2. The van der Waals surface area contributed by atoms with Gasteiger partial charge in [0.1, 0.15) is 6.67 Å². The molecule has 0 aliphatic heterocycles. The molecule has 0 radical (unpaired) electrons. The Labute approximate surface area is 177 Å². The number of halogens is 7. The number of nitrogens with one attached hydrogen (secondary N) is 1. The number of rotatable bonds is 5. The summed E-state index contributed by atoms with van der Waals surface area (Å²) >= 11 is 0. The van der Waals surface area contributed by atoms with Crippen molar-refractivity contribution in [2.24, 2.45) is 0 Å². The van der Waals surface area contributed by atoms with Crippen LogP contribution in [0.1, 0.15) is 44.3 Å². The zero-order chi connectivity index (χ0) is 23.5. The monoisotopic (exact) mass is 456 g/mol. The van der Waals surface area contributed by atoms with E-state index in [4.69, 9.17) is 0 Å². The van der Waals surface area contributed by atoms with Crippen LogP contribution in [0.4, 0.5) is 30.7 Å². The van der Waals surface area contributed by atoms with Gasteiger partial charge in [-0.1, -0.05) is 30.3 Å². The number of hydrogen-bond donors (Lipinski definition) is 1. The highest BCUT2D eigenvalue weighted by Crippen LogP contribution is 2.36. The van der Waals surface area contributed by atoms with E-state index in [9.17, 15) is 35.5 Å². The van der Waals surface area contributed by atoms with Crippen LogP contribution in [-0.2, 0) is 19.0 Å². The average molecular weight is 456 g/mol. The summed E-state index contributed by atoms with van der Waals surface area (Å²) in [4.78, 5) is 16.5. The Morgan fingerprint density at radius 2 is 1.59 bits per heavy atom. The van der Waals surface area contributed by atoms with Crippen molar-refractivity contribution >= 4 is 5.91 Å². The summed E-state index contributed by atoms with van der Waals surface area (Å²) in [5.74, 6) is -1.03. The number of alkyl halides is 7. The molecule has 3 aromatic rings. The molecule has 0 spiro atoms. The van der Waals surface area contributed by atoms with E-state index in [1.165, 1.54) is 24.3 Å². The second-order valence-corrected chi connectivity index (χ2v) is 6.79. The maximum atomic E-state index is 13.6. The Balaban J connectivity index is 2.06. The Morgan fingerprint density at radius 3 is 2.19 bits per heavy atom. The largest absolute Gasteiger partial charge is 0.418 e. The molecule has 0 bridgehead atoms. The van der Waals surface area contributed by atoms with E-state index in [0.29, 0.717) is 6.07 Å². The molecule has 1 heterocycles. The van der Waals surface area contributed by atoms with Gasteiger partial charge in [-0.05, 0) is 41.5 Å². The molecule has 168 valence electrons. The van der Waals surface area contributed by atoms with Gasteiger partial charge in [-0.3, -0.25) is 9.78 Å². The van der Waals surface area contributed by atoms with Gasteiger partial charge in [0.2, 0.25) is 0 Å². The second-order valence-electron chi connectivity index (χ2n) is 6.79. The summed E-state index contributed by atoms with van der Waals surface area (Å²) in [5, 5.41) is 2.33. The molecule has 1 atom stereocenters. The lowest BCUT2D eigenvalue weighted by Crippen LogP contribution is -2.32. The van der Waals surface area contributed by atoms with Crippen molar-refractivity contribution < 1.29 is 35.5 Å². The number of pyridine rings is 1. The molecule has 32 heavy (non-hydrogen) atoms. The molecule has 3 rings (SSSR count). The molecule has 0 aliphatic carbocycles. The quantitative estimate of drug-likeness (QED) is 0.471. The van der Waals surface area contributed by atoms with Gasteiger partial charge < -0.3 is 5.32 Å². The molecular formula is C22H15F7N2O. The van der Waals surface area contributed by atoms with Crippen LogP contribution in [-0.4, -0.2) is 10.9 Å². The van der Waals surface area contributed by atoms with E-state index in [1.54, 1.807) is 0 Å². The van der Waals surface area contributed by atoms with Crippen molar-refractivity contribution in [3.8, 4) is 0 Å². The van der Waals surface area contributed by atoms with E-state index in [-0.39, 0.29) is 11.1 Å². The molecule has 1 aromatic heterocycles. The van der Waals surface area contributed by atoms with Crippen molar-refractivity contribution in [3.63, 3.8) is 0 Å². The minimum Gasteiger partial charge on any atom is -0.340 e. The summed E-state index contributed by atoms with van der Waals surface area (Å²) in [6.45, 7) is -0.807. The first-order valence-electron chi connectivity index (χ1n) is 9.15. The van der Waals surface area contributed by atoms with Crippen molar-refractivity contribution in [2.75, 3.05) is 0 Å². The van der Waals surface area contributed by atoms with Gasteiger partial charge >= 0.3 is 12.4 Å². The number of carbonyl (C=O) groups is 1. The van der Waals surface area contributed by atoms with E-state index in [1.807, 2.05) is 0 Å². The minimum atomic E-state index is -4.80. The highest BCUT2D eigenvalue weighted by molar-refractivity contribution is 5.94. The van der Waals surface area contributed by atoms with E-state index in [0.717, 1.165) is 36.5 Å². The van der Waals surface area contributed by atoms with Gasteiger partial charge in [-0.25, -0.2) is 4.39 Å². The summed E-state index contributed by atoms with van der Waals surface area (Å²) in [5.41, 5.74) is -2.74. The summed E-state index contributed by atoms with van der Waals surface area (Å²) in [6, 6.07) is 9.19. The topological polar surface area (TPSA) is 42.0 Å². The summed E-state index contributed by atoms with van der Waals surface area (Å²) in [6.07, 6.45) is -8.41. The van der Waals surface area contributed by atoms with Gasteiger partial charge in [-0.15, -0.1) is 0 Å². The van der Waals surface area contributed by atoms with Gasteiger partial charge in [0.05, 0.1) is 22.9 Å². The molecular weight excluding hydrogens is 441 g/mol. The number of nitrogens with zero attached hydrogens (tertiary/aromatic N) is 1. The van der Waals surface area contributed by atoms with Gasteiger partial charge in [0, 0.05) is 11.8 Å². The second kappa shape index (κ2) is 8.97. The molecule has 1 amide bonds. The smallest absolute Gasteiger partial charge is 0.340 e. The zero-order valence-electron chi connectivity index (χ0n) is 16.1. The van der Waals surface area contributed by atoms with Gasteiger partial charge in [0.15, 0.2) is 0 Å². The Bertz CT molecular complexity index is 1090.